The highest BCUT2D eigenvalue weighted by molar-refractivity contribution is 14.1. The fourth-order valence-corrected chi connectivity index (χ4v) is 3.75. The van der Waals surface area contributed by atoms with Gasteiger partial charge in [0, 0.05) is 31.6 Å². The van der Waals surface area contributed by atoms with Gasteiger partial charge in [-0.25, -0.2) is 0 Å². The van der Waals surface area contributed by atoms with Gasteiger partial charge in [-0.3, -0.25) is 0 Å². The molecule has 0 saturated heterocycles. The molecule has 0 bridgehead atoms. The lowest BCUT2D eigenvalue weighted by Gasteiger charge is -2.10. The second-order valence-electron chi connectivity index (χ2n) is 7.11. The van der Waals surface area contributed by atoms with Crippen LogP contribution in [0, 0.1) is 7.14 Å². The molecule has 0 atom stereocenters. The predicted molar refractivity (Wildman–Crippen MR) is 146 cm³/mol. The topological polar surface area (TPSA) is 33.3 Å². The number of halogens is 2. The number of benzene rings is 4. The average Bonchev–Trinajstić information content (AvgIpc) is 2.80. The quantitative estimate of drug-likeness (QED) is 0.194. The summed E-state index contributed by atoms with van der Waals surface area (Å²) in [4.78, 5) is 0. The van der Waals surface area contributed by atoms with Crippen LogP contribution in [-0.4, -0.2) is 0 Å². The summed E-state index contributed by atoms with van der Waals surface area (Å²) in [5, 5.41) is 6.89. The van der Waals surface area contributed by atoms with E-state index in [0.717, 1.165) is 36.0 Å². The Morgan fingerprint density at radius 3 is 1.19 bits per heavy atom. The molecule has 4 aromatic carbocycles. The molecule has 0 aliphatic rings. The summed E-state index contributed by atoms with van der Waals surface area (Å²) in [7, 11) is 0. The van der Waals surface area contributed by atoms with Crippen molar-refractivity contribution in [2.24, 2.45) is 0 Å². The van der Waals surface area contributed by atoms with Crippen LogP contribution in [0.4, 0.5) is 11.4 Å². The van der Waals surface area contributed by atoms with Crippen LogP contribution in [0.5, 0.6) is 11.5 Å². The van der Waals surface area contributed by atoms with Crippen LogP contribution >= 0.6 is 45.2 Å². The number of ether oxygens (including phenoxy) is 1. The molecule has 5 heteroatoms. The number of nitrogens with one attached hydrogen (secondary N) is 2. The third-order valence-corrected chi connectivity index (χ3v) is 6.20. The predicted octanol–water partition coefficient (Wildman–Crippen LogP) is 7.91. The summed E-state index contributed by atoms with van der Waals surface area (Å²) in [6, 6.07) is 33.2. The molecule has 0 radical (unpaired) electrons. The van der Waals surface area contributed by atoms with Crippen LogP contribution in [0.2, 0.25) is 0 Å². The molecule has 0 aliphatic heterocycles. The minimum atomic E-state index is 0.799. The lowest BCUT2D eigenvalue weighted by molar-refractivity contribution is 0.483. The summed E-state index contributed by atoms with van der Waals surface area (Å²) in [6.07, 6.45) is 0. The van der Waals surface area contributed by atoms with Gasteiger partial charge in [0.25, 0.3) is 0 Å². The zero-order valence-corrected chi connectivity index (χ0v) is 21.1. The summed E-state index contributed by atoms with van der Waals surface area (Å²) >= 11 is 4.64. The maximum Gasteiger partial charge on any atom is 0.127 e. The standard InChI is InChI=1S/C26H22I2N2O/c27-21-5-1-19(2-6-21)17-29-23-9-13-25(14-10-23)31-26-15-11-24(12-16-26)30-18-20-3-7-22(28)8-4-20/h1-16,29-30H,17-18H2. The molecule has 2 N–H and O–H groups in total. The third-order valence-electron chi connectivity index (χ3n) is 4.76. The van der Waals surface area contributed by atoms with Gasteiger partial charge in [0.2, 0.25) is 0 Å². The first-order chi connectivity index (χ1) is 15.1. The molecule has 0 saturated carbocycles. The van der Waals surface area contributed by atoms with E-state index in [1.165, 1.54) is 18.3 Å². The van der Waals surface area contributed by atoms with E-state index < -0.39 is 0 Å². The van der Waals surface area contributed by atoms with E-state index >= 15 is 0 Å². The van der Waals surface area contributed by atoms with Crippen LogP contribution in [0.3, 0.4) is 0 Å². The Morgan fingerprint density at radius 2 is 0.839 bits per heavy atom. The molecule has 0 aromatic heterocycles. The largest absolute Gasteiger partial charge is 0.457 e. The summed E-state index contributed by atoms with van der Waals surface area (Å²) in [5.41, 5.74) is 4.66. The second-order valence-corrected chi connectivity index (χ2v) is 9.60. The van der Waals surface area contributed by atoms with Crippen molar-refractivity contribution in [2.75, 3.05) is 10.6 Å². The van der Waals surface area contributed by atoms with Crippen molar-refractivity contribution in [3.8, 4) is 11.5 Å². The van der Waals surface area contributed by atoms with Gasteiger partial charge in [0.15, 0.2) is 0 Å². The molecule has 3 nitrogen and oxygen atoms in total. The SMILES string of the molecule is Ic1ccc(CNc2ccc(Oc3ccc(NCc4ccc(I)cc4)cc3)cc2)cc1. The van der Waals surface area contributed by atoms with Gasteiger partial charge in [-0.2, -0.15) is 0 Å². The molecule has 0 spiro atoms. The molecular formula is C26H22I2N2O. The Morgan fingerprint density at radius 1 is 0.484 bits per heavy atom. The third kappa shape index (κ3) is 6.87. The maximum absolute atomic E-state index is 5.98. The van der Waals surface area contributed by atoms with E-state index in [9.17, 15) is 0 Å². The van der Waals surface area contributed by atoms with Crippen molar-refractivity contribution < 1.29 is 4.74 Å². The lowest BCUT2D eigenvalue weighted by Crippen LogP contribution is -1.99. The zero-order valence-electron chi connectivity index (χ0n) is 16.8. The zero-order chi connectivity index (χ0) is 21.5. The molecular weight excluding hydrogens is 610 g/mol. The van der Waals surface area contributed by atoms with Gasteiger partial charge in [-0.05, 0) is 129 Å². The summed E-state index contributed by atoms with van der Waals surface area (Å²) in [5.74, 6) is 1.64. The van der Waals surface area contributed by atoms with E-state index in [-0.39, 0.29) is 0 Å². The van der Waals surface area contributed by atoms with Crippen LogP contribution < -0.4 is 15.4 Å². The van der Waals surface area contributed by atoms with E-state index in [0.29, 0.717) is 0 Å². The van der Waals surface area contributed by atoms with E-state index in [1.807, 2.05) is 48.5 Å². The molecule has 0 amide bonds. The van der Waals surface area contributed by atoms with Gasteiger partial charge in [0.05, 0.1) is 0 Å². The Kier molecular flexibility index (Phi) is 7.69. The second kappa shape index (κ2) is 10.9. The van der Waals surface area contributed by atoms with Crippen LogP contribution in [0.1, 0.15) is 11.1 Å². The normalized spacial score (nSPS) is 10.5. The first kappa shape index (κ1) is 22.0. The first-order valence-electron chi connectivity index (χ1n) is 9.99. The molecule has 0 unspecified atom stereocenters. The Hall–Kier alpha value is -2.26. The fourth-order valence-electron chi connectivity index (χ4n) is 3.03. The van der Waals surface area contributed by atoms with E-state index in [1.54, 1.807) is 0 Å². The van der Waals surface area contributed by atoms with Gasteiger partial charge in [0.1, 0.15) is 11.5 Å². The number of rotatable bonds is 8. The first-order valence-corrected chi connectivity index (χ1v) is 12.1. The molecule has 0 heterocycles. The minimum absolute atomic E-state index is 0.799. The highest BCUT2D eigenvalue weighted by Gasteiger charge is 2.01. The van der Waals surface area contributed by atoms with Crippen LogP contribution in [-0.2, 0) is 13.1 Å². The van der Waals surface area contributed by atoms with Crippen molar-refractivity contribution in [2.45, 2.75) is 13.1 Å². The molecule has 4 rings (SSSR count). The number of hydrogen-bond donors (Lipinski definition) is 2. The summed E-state index contributed by atoms with van der Waals surface area (Å²) in [6.45, 7) is 1.60. The van der Waals surface area contributed by atoms with Gasteiger partial charge < -0.3 is 15.4 Å². The molecule has 31 heavy (non-hydrogen) atoms. The van der Waals surface area contributed by atoms with Gasteiger partial charge >= 0.3 is 0 Å². The maximum atomic E-state index is 5.98. The van der Waals surface area contributed by atoms with Gasteiger partial charge in [-0.1, -0.05) is 24.3 Å². The van der Waals surface area contributed by atoms with E-state index in [4.69, 9.17) is 4.74 Å². The lowest BCUT2D eigenvalue weighted by atomic mass is 10.2. The van der Waals surface area contributed by atoms with Crippen molar-refractivity contribution in [3.05, 3.63) is 115 Å². The fraction of sp³-hybridized carbons (Fsp3) is 0.0769. The van der Waals surface area contributed by atoms with Crippen LogP contribution in [0.25, 0.3) is 0 Å². The van der Waals surface area contributed by atoms with Gasteiger partial charge in [-0.15, -0.1) is 0 Å². The summed E-state index contributed by atoms with van der Waals surface area (Å²) < 4.78 is 8.48. The number of anilines is 2. The van der Waals surface area contributed by atoms with Crippen LogP contribution in [0.15, 0.2) is 97.1 Å². The minimum Gasteiger partial charge on any atom is -0.457 e. The van der Waals surface area contributed by atoms with Crippen molar-refractivity contribution in [3.63, 3.8) is 0 Å². The Labute approximate surface area is 210 Å². The average molecular weight is 632 g/mol. The monoisotopic (exact) mass is 632 g/mol. The molecule has 156 valence electrons. The van der Waals surface area contributed by atoms with Crippen molar-refractivity contribution in [1.29, 1.82) is 0 Å². The number of hydrogen-bond acceptors (Lipinski definition) is 3. The highest BCUT2D eigenvalue weighted by Crippen LogP contribution is 2.25. The molecule has 0 aliphatic carbocycles. The van der Waals surface area contributed by atoms with Crippen molar-refractivity contribution in [1.82, 2.24) is 0 Å². The Bertz CT molecular complexity index is 1000. The smallest absolute Gasteiger partial charge is 0.127 e. The van der Waals surface area contributed by atoms with E-state index in [2.05, 4.69) is 104 Å². The highest BCUT2D eigenvalue weighted by atomic mass is 127. The van der Waals surface area contributed by atoms with Crippen molar-refractivity contribution >= 4 is 56.6 Å². The molecule has 0 fully saturated rings. The Balaban J connectivity index is 1.27. The molecule has 4 aromatic rings.